The molecule has 1 unspecified atom stereocenters. The minimum absolute atomic E-state index is 0. The van der Waals surface area contributed by atoms with Crippen molar-refractivity contribution in [2.75, 3.05) is 4.90 Å². The molecule has 0 radical (unpaired) electrons. The summed E-state index contributed by atoms with van der Waals surface area (Å²) in [5, 5.41) is 8.45. The molecule has 57 heavy (non-hydrogen) atoms. The predicted molar refractivity (Wildman–Crippen MR) is 241 cm³/mol. The van der Waals surface area contributed by atoms with Crippen LogP contribution in [0, 0.1) is 24.4 Å². The normalized spacial score (nSPS) is 15.8. The number of hydrogen-bond donors (Lipinski definition) is 0. The van der Waals surface area contributed by atoms with Crippen molar-refractivity contribution in [3.63, 3.8) is 0 Å². The Balaban J connectivity index is 0.000000210. The number of benzene rings is 5. The maximum atomic E-state index is 8.79. The summed E-state index contributed by atoms with van der Waals surface area (Å²) in [7, 11) is -1.81. The summed E-state index contributed by atoms with van der Waals surface area (Å²) in [6.45, 7) is 19.2. The van der Waals surface area contributed by atoms with Gasteiger partial charge in [0.1, 0.15) is 5.58 Å². The second-order valence-electron chi connectivity index (χ2n) is 17.5. The van der Waals surface area contributed by atoms with Gasteiger partial charge in [-0.1, -0.05) is 147 Å². The number of furan rings is 1. The SMILES string of the molecule is CC(C)c1cccc(C(C)C)c1N1c2ccccc2[N-]C1c1[c-]cc2oc3ccccc3c2c1.[2H]C([2H])([2H])c1c[c-]c(-c2cc(C([2H])([2H])C(C)(C)C)c([Si](C)(C)C)cn2)cc1.[Ir+3]. The number of anilines is 2. The van der Waals surface area contributed by atoms with Gasteiger partial charge in [-0.3, -0.25) is 0 Å². The Morgan fingerprint density at radius 3 is 2.19 bits per heavy atom. The molecule has 7 aromatic rings. The third-order valence-corrected chi connectivity index (χ3v) is 12.2. The zero-order chi connectivity index (χ0) is 44.2. The summed E-state index contributed by atoms with van der Waals surface area (Å²) < 4.78 is 46.1. The number of pyridine rings is 1. The number of aromatic nitrogens is 1. The van der Waals surface area contributed by atoms with E-state index < -0.39 is 26.7 Å². The number of aryl methyl sites for hydroxylation is 1. The predicted octanol–water partition coefficient (Wildman–Crippen LogP) is 14.5. The van der Waals surface area contributed by atoms with E-state index >= 15 is 0 Å². The molecule has 3 heterocycles. The zero-order valence-electron chi connectivity index (χ0n) is 39.7. The molecule has 0 spiro atoms. The summed E-state index contributed by atoms with van der Waals surface area (Å²) in [5.74, 6) is 0.790. The van der Waals surface area contributed by atoms with E-state index in [9.17, 15) is 0 Å². The fourth-order valence-electron chi connectivity index (χ4n) is 7.47. The number of fused-ring (bicyclic) bond motifs is 4. The van der Waals surface area contributed by atoms with Crippen LogP contribution < -0.4 is 10.1 Å². The number of para-hydroxylation sites is 4. The summed E-state index contributed by atoms with van der Waals surface area (Å²) in [4.78, 5) is 6.99. The maximum absolute atomic E-state index is 8.79. The fourth-order valence-corrected chi connectivity index (χ4v) is 8.86. The second-order valence-corrected chi connectivity index (χ2v) is 22.5. The van der Waals surface area contributed by atoms with E-state index in [1.807, 2.05) is 45.0 Å². The Morgan fingerprint density at radius 1 is 0.842 bits per heavy atom. The van der Waals surface area contributed by atoms with Crippen molar-refractivity contribution in [1.82, 2.24) is 4.98 Å². The van der Waals surface area contributed by atoms with Crippen LogP contribution in [-0.4, -0.2) is 13.1 Å². The van der Waals surface area contributed by atoms with E-state index in [1.165, 1.54) is 22.9 Å². The van der Waals surface area contributed by atoms with Crippen LogP contribution >= 0.6 is 0 Å². The molecule has 8 rings (SSSR count). The molecule has 0 amide bonds. The van der Waals surface area contributed by atoms with Crippen LogP contribution in [-0.2, 0) is 26.5 Å². The van der Waals surface area contributed by atoms with Gasteiger partial charge in [-0.25, -0.2) is 0 Å². The van der Waals surface area contributed by atoms with Gasteiger partial charge in [-0.15, -0.1) is 47.1 Å². The van der Waals surface area contributed by atoms with Crippen molar-refractivity contribution in [3.8, 4) is 11.3 Å². The molecule has 1 aliphatic heterocycles. The Kier molecular flexibility index (Phi) is 10.5. The van der Waals surface area contributed by atoms with Gasteiger partial charge in [0.25, 0.3) is 0 Å². The van der Waals surface area contributed by atoms with E-state index in [-0.39, 0.29) is 31.8 Å². The Hall–Kier alpha value is -4.48. The molecule has 5 aromatic carbocycles. The van der Waals surface area contributed by atoms with Crippen molar-refractivity contribution in [1.29, 1.82) is 0 Å². The first-order chi connectivity index (χ1) is 28.6. The van der Waals surface area contributed by atoms with Crippen LogP contribution in [0.3, 0.4) is 0 Å². The quantitative estimate of drug-likeness (QED) is 0.118. The molecular formula is C51H56IrN3OSi. The first-order valence-electron chi connectivity index (χ1n) is 22.2. The van der Waals surface area contributed by atoms with Gasteiger partial charge in [0.05, 0.1) is 8.07 Å². The van der Waals surface area contributed by atoms with Gasteiger partial charge in [-0.2, -0.15) is 17.7 Å². The Bertz CT molecular complexity index is 2670. The molecule has 294 valence electrons. The number of rotatable bonds is 7. The molecule has 0 saturated carbocycles. The van der Waals surface area contributed by atoms with Gasteiger partial charge >= 0.3 is 20.1 Å². The van der Waals surface area contributed by atoms with Gasteiger partial charge < -0.3 is 19.6 Å². The van der Waals surface area contributed by atoms with Gasteiger partial charge in [0.2, 0.25) is 0 Å². The molecular weight excluding hydrogens is 891 g/mol. The third kappa shape index (κ3) is 8.99. The molecule has 4 nitrogen and oxygen atoms in total. The van der Waals surface area contributed by atoms with Crippen molar-refractivity contribution in [2.24, 2.45) is 5.41 Å². The summed E-state index contributed by atoms with van der Waals surface area (Å²) >= 11 is 0. The zero-order valence-corrected chi connectivity index (χ0v) is 38.1. The Morgan fingerprint density at radius 2 is 1.54 bits per heavy atom. The molecule has 0 fully saturated rings. The largest absolute Gasteiger partial charge is 3.00 e. The number of hydrogen-bond acceptors (Lipinski definition) is 3. The van der Waals surface area contributed by atoms with Crippen LogP contribution in [0.25, 0.3) is 38.5 Å². The van der Waals surface area contributed by atoms with E-state index in [0.29, 0.717) is 28.7 Å². The van der Waals surface area contributed by atoms with E-state index in [1.54, 1.807) is 18.3 Å². The molecule has 2 aromatic heterocycles. The fraction of sp³-hybridized carbons (Fsp3) is 0.314. The van der Waals surface area contributed by atoms with Crippen molar-refractivity contribution in [2.45, 2.75) is 99.3 Å². The first-order valence-corrected chi connectivity index (χ1v) is 23.2. The van der Waals surface area contributed by atoms with Crippen LogP contribution in [0.15, 0.2) is 114 Å². The average molecular weight is 952 g/mol. The standard InChI is InChI=1S/C31H28N2O.C20H28NSi.Ir/c1-19(2)22-11-9-12-23(20(3)4)30(22)33-27-14-7-6-13-26(27)32-31(33)21-16-17-29-25(18-21)24-10-5-8-15-28(24)34-29;1-15-8-10-16(11-9-15)18-12-17(13-20(2,3)4)19(14-21-18)22(5,6)7;/h5-15,17-20,31H,1-4H3;8-10,12,14H,13H2,1-7H3;/q-2;-1;+3/i;1D3,13D2;. The van der Waals surface area contributed by atoms with E-state index in [0.717, 1.165) is 44.1 Å². The molecule has 1 aliphatic rings. The van der Waals surface area contributed by atoms with Crippen molar-refractivity contribution >= 4 is 52.3 Å². The molecule has 0 N–H and O–H groups in total. The van der Waals surface area contributed by atoms with E-state index in [4.69, 9.17) is 16.6 Å². The summed E-state index contributed by atoms with van der Waals surface area (Å²) in [5.41, 5.74) is 10.5. The average Bonchev–Trinajstić information content (AvgIpc) is 3.78. The topological polar surface area (TPSA) is 43.4 Å². The smallest absolute Gasteiger partial charge is 0.661 e. The molecule has 0 bridgehead atoms. The maximum Gasteiger partial charge on any atom is 3.00 e. The van der Waals surface area contributed by atoms with Crippen LogP contribution in [0.5, 0.6) is 0 Å². The van der Waals surface area contributed by atoms with Gasteiger partial charge in [0.15, 0.2) is 0 Å². The van der Waals surface area contributed by atoms with Crippen molar-refractivity contribution < 1.29 is 31.4 Å². The molecule has 6 heteroatoms. The summed E-state index contributed by atoms with van der Waals surface area (Å²) in [6, 6.07) is 40.6. The Labute approximate surface area is 362 Å². The second kappa shape index (κ2) is 16.8. The third-order valence-electron chi connectivity index (χ3n) is 10.2. The van der Waals surface area contributed by atoms with Crippen LogP contribution in [0.1, 0.15) is 101 Å². The van der Waals surface area contributed by atoms with Crippen molar-refractivity contribution in [3.05, 3.63) is 155 Å². The monoisotopic (exact) mass is 952 g/mol. The molecule has 1 atom stereocenters. The molecule has 0 aliphatic carbocycles. The number of nitrogens with zero attached hydrogens (tertiary/aromatic N) is 3. The molecule has 0 saturated heterocycles. The first kappa shape index (κ1) is 35.7. The van der Waals surface area contributed by atoms with Gasteiger partial charge in [0, 0.05) is 35.4 Å². The van der Waals surface area contributed by atoms with Gasteiger partial charge in [-0.05, 0) is 63.9 Å². The van der Waals surface area contributed by atoms with Crippen LogP contribution in [0.2, 0.25) is 19.6 Å². The van der Waals surface area contributed by atoms with E-state index in [2.05, 4.69) is 130 Å². The minimum Gasteiger partial charge on any atom is -0.661 e. The van der Waals surface area contributed by atoms with Crippen LogP contribution in [0.4, 0.5) is 17.1 Å². The minimum atomic E-state index is -2.17. The summed E-state index contributed by atoms with van der Waals surface area (Å²) in [6.07, 6.45) is 0.0816.